The maximum absolute atomic E-state index is 12.4. The number of fused-ring (bicyclic) bond motifs is 1. The molecule has 0 bridgehead atoms. The van der Waals surface area contributed by atoms with Gasteiger partial charge in [-0.25, -0.2) is 0 Å². The van der Waals surface area contributed by atoms with E-state index in [1.807, 2.05) is 17.6 Å². The molecule has 4 rings (SSSR count). The fourth-order valence-electron chi connectivity index (χ4n) is 2.94. The first-order valence-corrected chi connectivity index (χ1v) is 8.50. The summed E-state index contributed by atoms with van der Waals surface area (Å²) in [5.41, 5.74) is 3.51. The zero-order valence-corrected chi connectivity index (χ0v) is 13.6. The van der Waals surface area contributed by atoms with Gasteiger partial charge in [-0.05, 0) is 47.4 Å². The summed E-state index contributed by atoms with van der Waals surface area (Å²) in [6.45, 7) is 0.503. The van der Waals surface area contributed by atoms with Crippen molar-refractivity contribution in [3.63, 3.8) is 0 Å². The van der Waals surface area contributed by atoms with E-state index in [2.05, 4.69) is 27.6 Å². The van der Waals surface area contributed by atoms with Crippen molar-refractivity contribution < 1.29 is 9.53 Å². The molecule has 1 fully saturated rings. The number of ether oxygens (including phenoxy) is 1. The first-order valence-electron chi connectivity index (χ1n) is 7.62. The third-order valence-corrected chi connectivity index (χ3v) is 5.16. The lowest BCUT2D eigenvalue weighted by Crippen LogP contribution is -2.23. The van der Waals surface area contributed by atoms with Crippen LogP contribution >= 0.6 is 11.3 Å². The minimum Gasteiger partial charge on any atom is -0.495 e. The summed E-state index contributed by atoms with van der Waals surface area (Å²) in [5.74, 6) is 1.15. The zero-order valence-electron chi connectivity index (χ0n) is 12.8. The number of H-pyrrole nitrogens is 1. The molecule has 118 valence electrons. The Morgan fingerprint density at radius 2 is 2.30 bits per heavy atom. The molecule has 0 atom stereocenters. The van der Waals surface area contributed by atoms with Gasteiger partial charge in [-0.3, -0.25) is 9.89 Å². The van der Waals surface area contributed by atoms with Crippen molar-refractivity contribution in [1.82, 2.24) is 15.5 Å². The van der Waals surface area contributed by atoms with Crippen molar-refractivity contribution in [2.24, 2.45) is 0 Å². The molecule has 0 aliphatic heterocycles. The van der Waals surface area contributed by atoms with Gasteiger partial charge in [0.25, 0.3) is 5.91 Å². The lowest BCUT2D eigenvalue weighted by molar-refractivity contribution is 0.0952. The predicted molar refractivity (Wildman–Crippen MR) is 90.1 cm³/mol. The molecule has 0 unspecified atom stereocenters. The van der Waals surface area contributed by atoms with Gasteiger partial charge in [-0.1, -0.05) is 6.07 Å². The molecule has 1 amide bonds. The number of benzene rings is 1. The highest BCUT2D eigenvalue weighted by Crippen LogP contribution is 2.43. The second-order valence-electron chi connectivity index (χ2n) is 5.74. The molecule has 0 spiro atoms. The Balaban J connectivity index is 1.61. The Morgan fingerprint density at radius 3 is 3.09 bits per heavy atom. The number of nitrogens with one attached hydrogen (secondary N) is 2. The largest absolute Gasteiger partial charge is 0.495 e. The minimum atomic E-state index is -0.0981. The Bertz CT molecular complexity index is 864. The monoisotopic (exact) mass is 327 g/mol. The van der Waals surface area contributed by atoms with Crippen molar-refractivity contribution in [1.29, 1.82) is 0 Å². The third-order valence-electron chi connectivity index (χ3n) is 4.27. The number of hydrogen-bond acceptors (Lipinski definition) is 4. The van der Waals surface area contributed by atoms with E-state index in [0.29, 0.717) is 23.1 Å². The van der Waals surface area contributed by atoms with Crippen LogP contribution in [0.25, 0.3) is 10.9 Å². The Labute approximate surface area is 137 Å². The Morgan fingerprint density at radius 1 is 1.43 bits per heavy atom. The summed E-state index contributed by atoms with van der Waals surface area (Å²) < 4.78 is 5.22. The van der Waals surface area contributed by atoms with Gasteiger partial charge in [0.15, 0.2) is 0 Å². The molecule has 6 heteroatoms. The van der Waals surface area contributed by atoms with E-state index in [-0.39, 0.29) is 5.91 Å². The van der Waals surface area contributed by atoms with E-state index < -0.39 is 0 Å². The average Bonchev–Trinajstić information content (AvgIpc) is 3.11. The molecule has 1 aliphatic rings. The van der Waals surface area contributed by atoms with E-state index in [0.717, 1.165) is 10.9 Å². The normalized spacial score (nSPS) is 14.1. The number of aromatic nitrogens is 2. The van der Waals surface area contributed by atoms with Gasteiger partial charge >= 0.3 is 0 Å². The van der Waals surface area contributed by atoms with E-state index >= 15 is 0 Å². The van der Waals surface area contributed by atoms with Crippen LogP contribution in [0, 0.1) is 0 Å². The molecular weight excluding hydrogens is 310 g/mol. The van der Waals surface area contributed by atoms with Gasteiger partial charge in [0.05, 0.1) is 18.8 Å². The quantitative estimate of drug-likeness (QED) is 0.754. The number of rotatable bonds is 5. The van der Waals surface area contributed by atoms with Gasteiger partial charge in [0.2, 0.25) is 0 Å². The highest BCUT2D eigenvalue weighted by atomic mass is 32.1. The van der Waals surface area contributed by atoms with E-state index in [1.165, 1.54) is 35.3 Å². The molecular formula is C17H17N3O2S. The summed E-state index contributed by atoms with van der Waals surface area (Å²) in [6, 6.07) is 6.04. The van der Waals surface area contributed by atoms with Crippen LogP contribution in [0.5, 0.6) is 5.75 Å². The summed E-state index contributed by atoms with van der Waals surface area (Å²) in [7, 11) is 1.58. The molecule has 2 aromatic heterocycles. The van der Waals surface area contributed by atoms with Crippen LogP contribution in [0.1, 0.15) is 39.6 Å². The van der Waals surface area contributed by atoms with Crippen LogP contribution in [0.4, 0.5) is 0 Å². The lowest BCUT2D eigenvalue weighted by Gasteiger charge is -2.11. The number of carbonyl (C=O) groups excluding carboxylic acids is 1. The fourth-order valence-corrected chi connectivity index (χ4v) is 3.71. The first-order chi connectivity index (χ1) is 11.3. The van der Waals surface area contributed by atoms with Crippen molar-refractivity contribution in [2.75, 3.05) is 7.11 Å². The second-order valence-corrected chi connectivity index (χ2v) is 6.66. The number of thiophene rings is 1. The molecule has 1 aromatic carbocycles. The van der Waals surface area contributed by atoms with Crippen LogP contribution < -0.4 is 10.1 Å². The minimum absolute atomic E-state index is 0.0981. The third kappa shape index (κ3) is 2.59. The summed E-state index contributed by atoms with van der Waals surface area (Å²) >= 11 is 1.39. The van der Waals surface area contributed by atoms with Crippen LogP contribution in [-0.4, -0.2) is 23.2 Å². The summed E-state index contributed by atoms with van der Waals surface area (Å²) in [4.78, 5) is 13.0. The summed E-state index contributed by atoms with van der Waals surface area (Å²) in [6.07, 6.45) is 4.29. The standard InChI is InChI=1S/C17H17N3O2S/c1-22-15-6-7-23-16(15)17(21)18-8-12-11(10-2-3-10)4-5-14-13(12)9-19-20-14/h4-7,9-10H,2-3,8H2,1H3,(H,18,21)(H,19,20). The molecule has 3 aromatic rings. The van der Waals surface area contributed by atoms with E-state index in [9.17, 15) is 4.79 Å². The van der Waals surface area contributed by atoms with Crippen molar-refractivity contribution in [3.05, 3.63) is 45.8 Å². The lowest BCUT2D eigenvalue weighted by atomic mass is 9.99. The molecule has 5 nitrogen and oxygen atoms in total. The van der Waals surface area contributed by atoms with Crippen LogP contribution in [0.15, 0.2) is 29.8 Å². The first kappa shape index (κ1) is 14.3. The van der Waals surface area contributed by atoms with Crippen molar-refractivity contribution in [3.8, 4) is 5.75 Å². The smallest absolute Gasteiger partial charge is 0.265 e. The van der Waals surface area contributed by atoms with Gasteiger partial charge in [-0.2, -0.15) is 5.10 Å². The molecule has 0 saturated heterocycles. The molecule has 1 aliphatic carbocycles. The molecule has 2 N–H and O–H groups in total. The van der Waals surface area contributed by atoms with E-state index in [4.69, 9.17) is 4.74 Å². The van der Waals surface area contributed by atoms with Gasteiger partial charge in [-0.15, -0.1) is 11.3 Å². The molecule has 23 heavy (non-hydrogen) atoms. The summed E-state index contributed by atoms with van der Waals surface area (Å²) in [5, 5.41) is 13.1. The van der Waals surface area contributed by atoms with Gasteiger partial charge < -0.3 is 10.1 Å². The fraction of sp³-hybridized carbons (Fsp3) is 0.294. The number of hydrogen-bond donors (Lipinski definition) is 2. The van der Waals surface area contributed by atoms with Crippen LogP contribution in [0.2, 0.25) is 0 Å². The number of amides is 1. The number of methoxy groups -OCH3 is 1. The van der Waals surface area contributed by atoms with Crippen molar-refractivity contribution in [2.45, 2.75) is 25.3 Å². The van der Waals surface area contributed by atoms with Crippen LogP contribution in [-0.2, 0) is 6.54 Å². The number of carbonyl (C=O) groups is 1. The topological polar surface area (TPSA) is 67.0 Å². The molecule has 0 radical (unpaired) electrons. The highest BCUT2D eigenvalue weighted by molar-refractivity contribution is 7.12. The highest BCUT2D eigenvalue weighted by Gasteiger charge is 2.27. The molecule has 1 saturated carbocycles. The maximum atomic E-state index is 12.4. The van der Waals surface area contributed by atoms with Crippen LogP contribution in [0.3, 0.4) is 0 Å². The Hall–Kier alpha value is -2.34. The second kappa shape index (κ2) is 5.70. The van der Waals surface area contributed by atoms with Gasteiger partial charge in [0, 0.05) is 11.9 Å². The average molecular weight is 327 g/mol. The predicted octanol–water partition coefficient (Wildman–Crippen LogP) is 3.44. The van der Waals surface area contributed by atoms with E-state index in [1.54, 1.807) is 7.11 Å². The number of nitrogens with zero attached hydrogens (tertiary/aromatic N) is 1. The SMILES string of the molecule is COc1ccsc1C(=O)NCc1c(C2CC2)ccc2[nH]ncc12. The van der Waals surface area contributed by atoms with Crippen molar-refractivity contribution >= 4 is 28.1 Å². The molecule has 2 heterocycles. The van der Waals surface area contributed by atoms with Gasteiger partial charge in [0.1, 0.15) is 10.6 Å². The maximum Gasteiger partial charge on any atom is 0.265 e. The Kier molecular flexibility index (Phi) is 3.53. The zero-order chi connectivity index (χ0) is 15.8. The number of aromatic amines is 1.